The quantitative estimate of drug-likeness (QED) is 0.752. The molecule has 2 aromatic rings. The van der Waals surface area contributed by atoms with Gasteiger partial charge >= 0.3 is 0 Å². The molecule has 0 fully saturated rings. The van der Waals surface area contributed by atoms with Crippen molar-refractivity contribution in [2.24, 2.45) is 0 Å². The Hall–Kier alpha value is -2.54. The summed E-state index contributed by atoms with van der Waals surface area (Å²) < 4.78 is 31.2. The second-order valence-corrected chi connectivity index (χ2v) is 8.28. The van der Waals surface area contributed by atoms with E-state index in [9.17, 15) is 13.2 Å². The third-order valence-corrected chi connectivity index (χ3v) is 5.18. The molecule has 0 aromatic heterocycles. The lowest BCUT2D eigenvalue weighted by Crippen LogP contribution is -2.40. The first-order chi connectivity index (χ1) is 12.7. The van der Waals surface area contributed by atoms with Crippen LogP contribution >= 0.6 is 0 Å². The summed E-state index contributed by atoms with van der Waals surface area (Å²) in [4.78, 5) is 12.4. The Morgan fingerprint density at radius 2 is 1.85 bits per heavy atom. The van der Waals surface area contributed by atoms with Gasteiger partial charge in [0.25, 0.3) is 0 Å². The van der Waals surface area contributed by atoms with Crippen LogP contribution in [0.3, 0.4) is 0 Å². The summed E-state index contributed by atoms with van der Waals surface area (Å²) in [6.45, 7) is 6.17. The molecule has 2 rings (SSSR count). The molecule has 0 aliphatic heterocycles. The molecule has 0 heterocycles. The maximum absolute atomic E-state index is 12.4. The molecule has 0 atom stereocenters. The third kappa shape index (κ3) is 5.72. The highest BCUT2D eigenvalue weighted by Crippen LogP contribution is 2.23. The van der Waals surface area contributed by atoms with Gasteiger partial charge in [-0.3, -0.25) is 9.10 Å². The van der Waals surface area contributed by atoms with Gasteiger partial charge in [0, 0.05) is 12.1 Å². The largest absolute Gasteiger partial charge is 0.494 e. The molecule has 0 spiro atoms. The number of nitrogens with zero attached hydrogens (tertiary/aromatic N) is 1. The van der Waals surface area contributed by atoms with Gasteiger partial charge in [0.15, 0.2) is 0 Å². The topological polar surface area (TPSA) is 75.7 Å². The van der Waals surface area contributed by atoms with Crippen LogP contribution in [0, 0.1) is 13.8 Å². The number of amides is 1. The standard InChI is InChI=1S/C20H26N2O4S/c1-5-26-19-9-7-6-8-17(19)13-21-20(23)14-22(27(4,24)25)18-11-10-15(2)12-16(18)3/h6-12H,5,13-14H2,1-4H3,(H,21,23). The minimum Gasteiger partial charge on any atom is -0.494 e. The number of anilines is 1. The van der Waals surface area contributed by atoms with Crippen molar-refractivity contribution in [2.75, 3.05) is 23.7 Å². The Morgan fingerprint density at radius 3 is 2.48 bits per heavy atom. The summed E-state index contributed by atoms with van der Waals surface area (Å²) in [6, 6.07) is 12.9. The highest BCUT2D eigenvalue weighted by Gasteiger charge is 2.22. The number of hydrogen-bond acceptors (Lipinski definition) is 4. The predicted molar refractivity (Wildman–Crippen MR) is 108 cm³/mol. The molecule has 0 unspecified atom stereocenters. The van der Waals surface area contributed by atoms with E-state index in [1.165, 1.54) is 0 Å². The molecule has 0 aliphatic rings. The van der Waals surface area contributed by atoms with Crippen LogP contribution in [0.15, 0.2) is 42.5 Å². The van der Waals surface area contributed by atoms with Crippen LogP contribution in [0.2, 0.25) is 0 Å². The van der Waals surface area contributed by atoms with Crippen molar-refractivity contribution in [1.29, 1.82) is 0 Å². The average Bonchev–Trinajstić information content (AvgIpc) is 2.59. The molecule has 1 amide bonds. The molecule has 0 radical (unpaired) electrons. The van der Waals surface area contributed by atoms with E-state index < -0.39 is 10.0 Å². The molecular formula is C20H26N2O4S. The summed E-state index contributed by atoms with van der Waals surface area (Å²) in [5, 5.41) is 2.78. The number of nitrogens with one attached hydrogen (secondary N) is 1. The molecule has 6 nitrogen and oxygen atoms in total. The maximum atomic E-state index is 12.4. The summed E-state index contributed by atoms with van der Waals surface area (Å²) in [7, 11) is -3.60. The van der Waals surface area contributed by atoms with E-state index in [0.717, 1.165) is 27.3 Å². The fraction of sp³-hybridized carbons (Fsp3) is 0.350. The summed E-state index contributed by atoms with van der Waals surface area (Å²) in [5.74, 6) is 0.321. The van der Waals surface area contributed by atoms with Gasteiger partial charge in [-0.2, -0.15) is 0 Å². The van der Waals surface area contributed by atoms with E-state index in [4.69, 9.17) is 4.74 Å². The number of sulfonamides is 1. The Bertz CT molecular complexity index is 910. The molecule has 1 N–H and O–H groups in total. The smallest absolute Gasteiger partial charge is 0.241 e. The fourth-order valence-corrected chi connectivity index (χ4v) is 3.71. The second kappa shape index (κ2) is 8.90. The lowest BCUT2D eigenvalue weighted by atomic mass is 10.1. The van der Waals surface area contributed by atoms with Crippen molar-refractivity contribution in [3.63, 3.8) is 0 Å². The van der Waals surface area contributed by atoms with Crippen molar-refractivity contribution in [3.8, 4) is 5.75 Å². The van der Waals surface area contributed by atoms with Gasteiger partial charge in [-0.25, -0.2) is 8.42 Å². The fourth-order valence-electron chi connectivity index (χ4n) is 2.79. The van der Waals surface area contributed by atoms with Gasteiger partial charge < -0.3 is 10.1 Å². The number of carbonyl (C=O) groups is 1. The highest BCUT2D eigenvalue weighted by atomic mass is 32.2. The van der Waals surface area contributed by atoms with Crippen LogP contribution in [0.4, 0.5) is 5.69 Å². The van der Waals surface area contributed by atoms with Crippen LogP contribution in [0.1, 0.15) is 23.6 Å². The first kappa shape index (κ1) is 20.8. The number of aryl methyl sites for hydroxylation is 2. The number of hydrogen-bond donors (Lipinski definition) is 1. The van der Waals surface area contributed by atoms with Crippen LogP contribution in [0.5, 0.6) is 5.75 Å². The number of ether oxygens (including phenoxy) is 1. The molecule has 0 bridgehead atoms. The SMILES string of the molecule is CCOc1ccccc1CNC(=O)CN(c1ccc(C)cc1C)S(C)(=O)=O. The van der Waals surface area contributed by atoms with E-state index in [2.05, 4.69) is 5.32 Å². The van der Waals surface area contributed by atoms with E-state index in [0.29, 0.717) is 18.0 Å². The van der Waals surface area contributed by atoms with Gasteiger partial charge in [-0.05, 0) is 38.5 Å². The zero-order chi connectivity index (χ0) is 20.0. The number of benzene rings is 2. The van der Waals surface area contributed by atoms with Crippen molar-refractivity contribution in [1.82, 2.24) is 5.32 Å². The molecule has 7 heteroatoms. The van der Waals surface area contributed by atoms with Crippen LogP contribution in [0.25, 0.3) is 0 Å². The molecule has 146 valence electrons. The predicted octanol–water partition coefficient (Wildman–Crippen LogP) is 2.78. The minimum atomic E-state index is -3.60. The van der Waals surface area contributed by atoms with Gasteiger partial charge in [-0.15, -0.1) is 0 Å². The molecule has 0 saturated heterocycles. The summed E-state index contributed by atoms with van der Waals surface area (Å²) in [6.07, 6.45) is 1.10. The van der Waals surface area contributed by atoms with Crippen LogP contribution in [-0.4, -0.2) is 33.7 Å². The first-order valence-electron chi connectivity index (χ1n) is 8.74. The maximum Gasteiger partial charge on any atom is 0.241 e. The van der Waals surface area contributed by atoms with Gasteiger partial charge in [0.05, 0.1) is 18.6 Å². The van der Waals surface area contributed by atoms with Crippen molar-refractivity contribution >= 4 is 21.6 Å². The van der Waals surface area contributed by atoms with Crippen molar-refractivity contribution in [2.45, 2.75) is 27.3 Å². The zero-order valence-corrected chi connectivity index (χ0v) is 17.0. The van der Waals surface area contributed by atoms with E-state index in [1.807, 2.05) is 57.2 Å². The van der Waals surface area contributed by atoms with Crippen LogP contribution in [-0.2, 0) is 21.4 Å². The molecular weight excluding hydrogens is 364 g/mol. The van der Waals surface area contributed by atoms with Gasteiger partial charge in [0.2, 0.25) is 15.9 Å². The first-order valence-corrected chi connectivity index (χ1v) is 10.6. The molecule has 27 heavy (non-hydrogen) atoms. The zero-order valence-electron chi connectivity index (χ0n) is 16.2. The van der Waals surface area contributed by atoms with Crippen LogP contribution < -0.4 is 14.4 Å². The van der Waals surface area contributed by atoms with Gasteiger partial charge in [-0.1, -0.05) is 35.9 Å². The van der Waals surface area contributed by atoms with E-state index in [1.54, 1.807) is 6.07 Å². The monoisotopic (exact) mass is 390 g/mol. The second-order valence-electron chi connectivity index (χ2n) is 6.38. The molecule has 0 saturated carbocycles. The van der Waals surface area contributed by atoms with E-state index in [-0.39, 0.29) is 19.0 Å². The number of para-hydroxylation sites is 1. The highest BCUT2D eigenvalue weighted by molar-refractivity contribution is 7.92. The molecule has 0 aliphatic carbocycles. The number of carbonyl (C=O) groups excluding carboxylic acids is 1. The lowest BCUT2D eigenvalue weighted by Gasteiger charge is -2.24. The average molecular weight is 391 g/mol. The summed E-state index contributed by atoms with van der Waals surface area (Å²) >= 11 is 0. The minimum absolute atomic E-state index is 0.263. The normalized spacial score (nSPS) is 11.1. The van der Waals surface area contributed by atoms with Crippen molar-refractivity contribution < 1.29 is 17.9 Å². The third-order valence-electron chi connectivity index (χ3n) is 4.06. The Kier molecular flexibility index (Phi) is 6.85. The Labute approximate surface area is 161 Å². The lowest BCUT2D eigenvalue weighted by molar-refractivity contribution is -0.119. The Balaban J connectivity index is 2.13. The van der Waals surface area contributed by atoms with E-state index >= 15 is 0 Å². The van der Waals surface area contributed by atoms with Gasteiger partial charge in [0.1, 0.15) is 12.3 Å². The van der Waals surface area contributed by atoms with Crippen molar-refractivity contribution in [3.05, 3.63) is 59.2 Å². The number of rotatable bonds is 8. The Morgan fingerprint density at radius 1 is 1.15 bits per heavy atom. The summed E-state index contributed by atoms with van der Waals surface area (Å²) in [5.41, 5.74) is 3.18. The molecule has 2 aromatic carbocycles.